The molecular formula is C69H132Cl2FeN3O2. The molecule has 0 N–H and O–H groups in total. The molecule has 0 aromatic rings. The molecule has 3 aliphatic rings. The first-order valence-corrected chi connectivity index (χ1v) is 37.4. The van der Waals surface area contributed by atoms with Crippen LogP contribution in [0.3, 0.4) is 0 Å². The summed E-state index contributed by atoms with van der Waals surface area (Å²) in [7, 11) is 9.53. The number of nitrogens with zero attached hydrogens (tertiary/aromatic N) is 3. The van der Waals surface area contributed by atoms with Crippen molar-refractivity contribution >= 4 is 31.6 Å². The van der Waals surface area contributed by atoms with Crippen molar-refractivity contribution in [2.75, 3.05) is 13.2 Å². The number of rotatable bonds is 46. The number of piperidine rings is 1. The van der Waals surface area contributed by atoms with Crippen LogP contribution in [0.2, 0.25) is 0 Å². The average Bonchev–Trinajstić information content (AvgIpc) is 3.41. The molecule has 1 heterocycles. The van der Waals surface area contributed by atoms with Gasteiger partial charge >= 0.3 is 33.3 Å². The van der Waals surface area contributed by atoms with Gasteiger partial charge in [-0.2, -0.15) is 0 Å². The quantitative estimate of drug-likeness (QED) is 0.0346. The molecule has 0 amide bonds. The van der Waals surface area contributed by atoms with E-state index in [0.29, 0.717) is 59.8 Å². The fourth-order valence-corrected chi connectivity index (χ4v) is 13.5. The first-order valence-electron chi connectivity index (χ1n) is 34.3. The maximum absolute atomic E-state index is 6.74. The number of hydrogen-bond donors (Lipinski definition) is 0. The molecule has 10 unspecified atom stereocenters. The Morgan fingerprint density at radius 1 is 0.429 bits per heavy atom. The van der Waals surface area contributed by atoms with Crippen LogP contribution >= 0.6 is 20.2 Å². The molecule has 5 nitrogen and oxygen atoms in total. The Morgan fingerprint density at radius 3 is 0.922 bits per heavy atom. The standard InChI is InChI=1S/C69H132N3O2.2ClH.Fe/c1-11-13-15-17-19-21-23-25-27-29-31-33-35-37-39-41-43-45-50-73-68-52-58(7)66(54-62(68)56(3)4)70-60(9)64-48-47-49-65(72-64)61(10)71-67-55-63(57(5)6)69(53-59(67)8)74-51-46-44-42-40-38-36-34-32-30-28-26-24-22-20-18-16-14-12-2;;;/h56-59,62-69H,11-55H2,1-10H3;2*1H;/q-1;;;+3/p-2. The molecule has 2 saturated carbocycles. The van der Waals surface area contributed by atoms with Crippen LogP contribution in [0.25, 0.3) is 5.32 Å². The third-order valence-electron chi connectivity index (χ3n) is 18.9. The first kappa shape index (κ1) is 73.4. The number of hydrogen-bond acceptors (Lipinski definition) is 4. The van der Waals surface area contributed by atoms with E-state index in [0.717, 1.165) is 51.7 Å². The molecule has 1 aliphatic heterocycles. The van der Waals surface area contributed by atoms with Crippen molar-refractivity contribution in [2.24, 2.45) is 45.5 Å². The van der Waals surface area contributed by atoms with Crippen molar-refractivity contribution in [2.45, 2.75) is 382 Å². The van der Waals surface area contributed by atoms with Crippen molar-refractivity contribution in [1.29, 1.82) is 0 Å². The van der Waals surface area contributed by atoms with E-state index < -0.39 is 0 Å². The molecule has 3 rings (SSSR count). The summed E-state index contributed by atoms with van der Waals surface area (Å²) in [5.74, 6) is 3.49. The van der Waals surface area contributed by atoms with Gasteiger partial charge in [-0.3, -0.25) is 9.98 Å². The molecule has 10 atom stereocenters. The summed E-state index contributed by atoms with van der Waals surface area (Å²) in [6.45, 7) is 25.6. The molecule has 77 heavy (non-hydrogen) atoms. The Kier molecular flexibility index (Phi) is 47.4. The number of aliphatic imine (C=N–C) groups is 2. The third-order valence-corrected chi connectivity index (χ3v) is 18.9. The van der Waals surface area contributed by atoms with Crippen molar-refractivity contribution in [3.63, 3.8) is 0 Å². The molecule has 0 bridgehead atoms. The van der Waals surface area contributed by atoms with Crippen LogP contribution in [0.1, 0.15) is 345 Å². The van der Waals surface area contributed by atoms with Crippen LogP contribution in [0.15, 0.2) is 9.98 Å². The molecule has 8 heteroatoms. The second kappa shape index (κ2) is 49.7. The molecule has 0 spiro atoms. The molecule has 1 saturated heterocycles. The summed E-state index contributed by atoms with van der Waals surface area (Å²) in [5.41, 5.74) is 2.53. The minimum atomic E-state index is 0.194. The van der Waals surface area contributed by atoms with E-state index in [4.69, 9.17) is 45.0 Å². The van der Waals surface area contributed by atoms with E-state index in [-0.39, 0.29) is 25.2 Å². The summed E-state index contributed by atoms with van der Waals surface area (Å²) in [4.78, 5) is 11.1. The predicted molar refractivity (Wildman–Crippen MR) is 341 cm³/mol. The van der Waals surface area contributed by atoms with E-state index in [1.807, 2.05) is 0 Å². The molecule has 3 fully saturated rings. The van der Waals surface area contributed by atoms with Gasteiger partial charge in [0, 0.05) is 13.2 Å². The van der Waals surface area contributed by atoms with Crippen LogP contribution < -0.4 is 0 Å². The van der Waals surface area contributed by atoms with Crippen LogP contribution in [0.5, 0.6) is 0 Å². The summed E-state index contributed by atoms with van der Waals surface area (Å²) in [6, 6.07) is 1.21. The average molecular weight is 1160 g/mol. The first-order chi connectivity index (χ1) is 37.5. The van der Waals surface area contributed by atoms with Crippen molar-refractivity contribution in [3.8, 4) is 0 Å². The van der Waals surface area contributed by atoms with Crippen molar-refractivity contribution in [3.05, 3.63) is 5.32 Å². The number of halogens is 2. The Hall–Kier alpha value is 0.319. The zero-order valence-corrected chi connectivity index (χ0v) is 55.6. The van der Waals surface area contributed by atoms with E-state index in [1.54, 1.807) is 0 Å². The fraction of sp³-hybridized carbons (Fsp3) is 0.971. The van der Waals surface area contributed by atoms with Gasteiger partial charge in [0.1, 0.15) is 0 Å². The number of unbranched alkanes of at least 4 members (excludes halogenated alkanes) is 34. The maximum atomic E-state index is 6.74. The van der Waals surface area contributed by atoms with Gasteiger partial charge in [0.25, 0.3) is 0 Å². The van der Waals surface area contributed by atoms with Gasteiger partial charge in [-0.15, -0.1) is 0 Å². The van der Waals surface area contributed by atoms with Crippen molar-refractivity contribution < 1.29 is 22.6 Å². The van der Waals surface area contributed by atoms with Gasteiger partial charge in [0.15, 0.2) is 0 Å². The Labute approximate surface area is 496 Å². The van der Waals surface area contributed by atoms with E-state index >= 15 is 0 Å². The van der Waals surface area contributed by atoms with Crippen LogP contribution in [0.4, 0.5) is 0 Å². The summed E-state index contributed by atoms with van der Waals surface area (Å²) in [6.07, 6.45) is 59.9. The zero-order chi connectivity index (χ0) is 56.1. The topological polar surface area (TPSA) is 57.3 Å². The van der Waals surface area contributed by atoms with Gasteiger partial charge in [-0.1, -0.05) is 305 Å². The molecule has 2 aliphatic carbocycles. The molecule has 457 valence electrons. The Bertz CT molecular complexity index is 1280. The van der Waals surface area contributed by atoms with E-state index in [9.17, 15) is 0 Å². The van der Waals surface area contributed by atoms with Gasteiger partial charge < -0.3 is 14.8 Å². The second-order valence-corrected chi connectivity index (χ2v) is 28.2. The normalized spacial score (nSPS) is 25.4. The van der Waals surface area contributed by atoms with Crippen LogP contribution in [0, 0.1) is 35.5 Å². The molecular weight excluding hydrogens is 1030 g/mol. The van der Waals surface area contributed by atoms with Gasteiger partial charge in [0.2, 0.25) is 0 Å². The van der Waals surface area contributed by atoms with Gasteiger partial charge in [-0.25, -0.2) is 0 Å². The third kappa shape index (κ3) is 35.9. The monoisotopic (exact) mass is 1160 g/mol. The van der Waals surface area contributed by atoms with Crippen LogP contribution in [-0.2, 0) is 22.6 Å². The molecule has 0 aromatic carbocycles. The SMILES string of the molecule is CCCCCCCCCCCCCCCCCCCCOC1CC(C)C(N=C(C)C2CCCC(C(C)=NC3CC(C(C)C)C(OCCCCCCCCCCCCCCCCCCCC)CC3C)[N-]2)CC1C(C)C.[Cl][Fe+][Cl]. The predicted octanol–water partition coefficient (Wildman–Crippen LogP) is 23.6. The summed E-state index contributed by atoms with van der Waals surface area (Å²) >= 11 is 0.194. The molecule has 0 aromatic heterocycles. The molecule has 0 radical (unpaired) electrons. The minimum absolute atomic E-state index is 0.194. The van der Waals surface area contributed by atoms with Crippen molar-refractivity contribution in [1.82, 2.24) is 0 Å². The van der Waals surface area contributed by atoms with Gasteiger partial charge in [-0.05, 0) is 99.3 Å². The van der Waals surface area contributed by atoms with Gasteiger partial charge in [0.05, 0.1) is 24.3 Å². The van der Waals surface area contributed by atoms with Crippen LogP contribution in [-0.4, -0.2) is 61.0 Å². The summed E-state index contributed by atoms with van der Waals surface area (Å²) in [5, 5.41) is 5.51. The number of ether oxygens (including phenoxy) is 2. The zero-order valence-electron chi connectivity index (χ0n) is 53.0. The van der Waals surface area contributed by atoms with E-state index in [2.05, 4.69) is 69.2 Å². The fourth-order valence-electron chi connectivity index (χ4n) is 13.5. The summed E-state index contributed by atoms with van der Waals surface area (Å²) < 4.78 is 13.5. The van der Waals surface area contributed by atoms with E-state index in [1.165, 1.54) is 249 Å². The Morgan fingerprint density at radius 2 is 0.675 bits per heavy atom. The second-order valence-electron chi connectivity index (χ2n) is 26.4. The Balaban J connectivity index is 0.00000659.